The van der Waals surface area contributed by atoms with Crippen molar-refractivity contribution in [2.75, 3.05) is 11.9 Å². The first-order valence-corrected chi connectivity index (χ1v) is 9.33. The maximum atomic E-state index is 12.4. The second-order valence-electron chi connectivity index (χ2n) is 7.65. The van der Waals surface area contributed by atoms with E-state index in [0.29, 0.717) is 6.54 Å². The molecule has 4 heteroatoms. The van der Waals surface area contributed by atoms with E-state index in [-0.39, 0.29) is 17.0 Å². The lowest BCUT2D eigenvalue weighted by atomic mass is 9.88. The Labute approximate surface area is 166 Å². The van der Waals surface area contributed by atoms with Crippen LogP contribution in [0.25, 0.3) is 11.6 Å². The number of benzene rings is 2. The molecule has 0 atom stereocenters. The number of rotatable bonds is 4. The van der Waals surface area contributed by atoms with Crippen molar-refractivity contribution in [1.82, 2.24) is 5.32 Å². The van der Waals surface area contributed by atoms with Crippen molar-refractivity contribution in [3.63, 3.8) is 0 Å². The van der Waals surface area contributed by atoms with Crippen LogP contribution in [0.3, 0.4) is 0 Å². The summed E-state index contributed by atoms with van der Waals surface area (Å²) in [7, 11) is 2.08. The lowest BCUT2D eigenvalue weighted by molar-refractivity contribution is -0.117. The zero-order valence-corrected chi connectivity index (χ0v) is 16.8. The summed E-state index contributed by atoms with van der Waals surface area (Å²) in [6.45, 7) is 6.85. The van der Waals surface area contributed by atoms with Gasteiger partial charge in [0.05, 0.1) is 5.54 Å². The molecular weight excluding hydrogens is 346 g/mol. The molecule has 0 bridgehead atoms. The zero-order chi connectivity index (χ0) is 20.3. The minimum Gasteiger partial charge on any atom is -0.366 e. The van der Waals surface area contributed by atoms with E-state index in [2.05, 4.69) is 50.2 Å². The summed E-state index contributed by atoms with van der Waals surface area (Å²) in [6.07, 6.45) is 3.88. The van der Waals surface area contributed by atoms with E-state index in [1.165, 1.54) is 5.57 Å². The van der Waals surface area contributed by atoms with Gasteiger partial charge in [-0.05, 0) is 55.7 Å². The number of carbonyl (C=O) groups is 1. The third-order valence-electron chi connectivity index (χ3n) is 5.21. The van der Waals surface area contributed by atoms with Gasteiger partial charge in [0, 0.05) is 24.8 Å². The molecule has 1 N–H and O–H groups in total. The van der Waals surface area contributed by atoms with Gasteiger partial charge in [0.15, 0.2) is 0 Å². The van der Waals surface area contributed by atoms with Crippen LogP contribution in [0.2, 0.25) is 0 Å². The van der Waals surface area contributed by atoms with Crippen molar-refractivity contribution >= 4 is 23.2 Å². The number of fused-ring (bicyclic) bond motifs is 1. The van der Waals surface area contributed by atoms with Gasteiger partial charge in [0.2, 0.25) is 0 Å². The van der Waals surface area contributed by atoms with Gasteiger partial charge in [0.25, 0.3) is 5.91 Å². The number of nitriles is 1. The van der Waals surface area contributed by atoms with Crippen LogP contribution in [0.15, 0.2) is 60.2 Å². The van der Waals surface area contributed by atoms with Crippen LogP contribution in [0.4, 0.5) is 5.69 Å². The molecule has 2 aromatic rings. The molecule has 28 heavy (non-hydrogen) atoms. The van der Waals surface area contributed by atoms with E-state index in [9.17, 15) is 10.1 Å². The Kier molecular flexibility index (Phi) is 5.37. The topological polar surface area (TPSA) is 56.1 Å². The maximum Gasteiger partial charge on any atom is 0.262 e. The molecule has 3 rings (SSSR count). The Morgan fingerprint density at radius 3 is 2.61 bits per heavy atom. The fourth-order valence-electron chi connectivity index (χ4n) is 3.46. The Bertz CT molecular complexity index is 994. The Morgan fingerprint density at radius 2 is 1.93 bits per heavy atom. The van der Waals surface area contributed by atoms with Crippen molar-refractivity contribution < 1.29 is 4.79 Å². The number of amides is 1. The molecular formula is C24H25N3O. The van der Waals surface area contributed by atoms with Crippen molar-refractivity contribution in [1.29, 1.82) is 5.26 Å². The molecule has 2 aromatic carbocycles. The van der Waals surface area contributed by atoms with E-state index in [1.807, 2.05) is 48.5 Å². The first-order valence-electron chi connectivity index (χ1n) is 9.33. The molecule has 0 spiro atoms. The monoisotopic (exact) mass is 371 g/mol. The third kappa shape index (κ3) is 3.99. The molecule has 0 saturated heterocycles. The standard InChI is InChI=1S/C24H25N3O/c1-17-14-24(2,3)27(4)22-11-10-19(13-21(17)22)12-20(15-25)23(28)26-16-18-8-6-5-7-9-18/h5-14H,16H2,1-4H3,(H,26,28)/b20-12+. The fourth-order valence-corrected chi connectivity index (χ4v) is 3.46. The van der Waals surface area contributed by atoms with E-state index in [1.54, 1.807) is 6.08 Å². The van der Waals surface area contributed by atoms with E-state index in [0.717, 1.165) is 22.4 Å². The van der Waals surface area contributed by atoms with Crippen molar-refractivity contribution in [3.05, 3.63) is 76.9 Å². The lowest BCUT2D eigenvalue weighted by Crippen LogP contribution is -2.42. The summed E-state index contributed by atoms with van der Waals surface area (Å²) in [5.74, 6) is -0.366. The van der Waals surface area contributed by atoms with Gasteiger partial charge in [-0.15, -0.1) is 0 Å². The second kappa shape index (κ2) is 7.74. The average molecular weight is 371 g/mol. The van der Waals surface area contributed by atoms with Gasteiger partial charge in [0.1, 0.15) is 11.6 Å². The third-order valence-corrected chi connectivity index (χ3v) is 5.21. The fraction of sp³-hybridized carbons (Fsp3) is 0.250. The highest BCUT2D eigenvalue weighted by atomic mass is 16.1. The van der Waals surface area contributed by atoms with Crippen molar-refractivity contribution in [3.8, 4) is 6.07 Å². The van der Waals surface area contributed by atoms with Crippen LogP contribution in [-0.4, -0.2) is 18.5 Å². The second-order valence-corrected chi connectivity index (χ2v) is 7.65. The average Bonchev–Trinajstić information content (AvgIpc) is 2.69. The number of hydrogen-bond donors (Lipinski definition) is 1. The Morgan fingerprint density at radius 1 is 1.21 bits per heavy atom. The van der Waals surface area contributed by atoms with Crippen LogP contribution < -0.4 is 10.2 Å². The normalized spacial score (nSPS) is 15.3. The molecule has 4 nitrogen and oxygen atoms in total. The minimum absolute atomic E-state index is 0.0520. The number of anilines is 1. The molecule has 0 aliphatic carbocycles. The number of carbonyl (C=O) groups excluding carboxylic acids is 1. The van der Waals surface area contributed by atoms with E-state index in [4.69, 9.17) is 0 Å². The molecule has 0 saturated carbocycles. The molecule has 0 radical (unpaired) electrons. The van der Waals surface area contributed by atoms with Crippen LogP contribution >= 0.6 is 0 Å². The van der Waals surface area contributed by atoms with Gasteiger partial charge in [-0.3, -0.25) is 4.79 Å². The molecule has 1 heterocycles. The quantitative estimate of drug-likeness (QED) is 0.634. The van der Waals surface area contributed by atoms with E-state index >= 15 is 0 Å². The summed E-state index contributed by atoms with van der Waals surface area (Å²) in [5, 5.41) is 12.3. The minimum atomic E-state index is -0.366. The van der Waals surface area contributed by atoms with Crippen LogP contribution in [0.1, 0.15) is 37.5 Å². The number of nitrogens with one attached hydrogen (secondary N) is 1. The molecule has 0 unspecified atom stereocenters. The highest BCUT2D eigenvalue weighted by molar-refractivity contribution is 6.01. The van der Waals surface area contributed by atoms with Crippen LogP contribution in [0.5, 0.6) is 0 Å². The number of likely N-dealkylation sites (N-methyl/N-ethyl adjacent to an activating group) is 1. The van der Waals surface area contributed by atoms with E-state index < -0.39 is 0 Å². The van der Waals surface area contributed by atoms with Crippen molar-refractivity contribution in [2.24, 2.45) is 0 Å². The zero-order valence-electron chi connectivity index (χ0n) is 16.8. The summed E-state index contributed by atoms with van der Waals surface area (Å²) >= 11 is 0. The molecule has 1 aliphatic heterocycles. The van der Waals surface area contributed by atoms with Gasteiger partial charge in [-0.1, -0.05) is 42.5 Å². The molecule has 0 fully saturated rings. The van der Waals surface area contributed by atoms with Gasteiger partial charge in [-0.25, -0.2) is 0 Å². The number of hydrogen-bond acceptors (Lipinski definition) is 3. The number of nitrogens with zero attached hydrogens (tertiary/aromatic N) is 2. The highest BCUT2D eigenvalue weighted by Gasteiger charge is 2.28. The summed E-state index contributed by atoms with van der Waals surface area (Å²) < 4.78 is 0. The smallest absolute Gasteiger partial charge is 0.262 e. The summed E-state index contributed by atoms with van der Waals surface area (Å²) in [4.78, 5) is 14.7. The molecule has 0 aromatic heterocycles. The van der Waals surface area contributed by atoms with Crippen LogP contribution in [0, 0.1) is 11.3 Å². The highest BCUT2D eigenvalue weighted by Crippen LogP contribution is 2.38. The lowest BCUT2D eigenvalue weighted by Gasteiger charge is -2.40. The largest absolute Gasteiger partial charge is 0.366 e. The predicted octanol–water partition coefficient (Wildman–Crippen LogP) is 4.54. The molecule has 1 aliphatic rings. The van der Waals surface area contributed by atoms with Gasteiger partial charge < -0.3 is 10.2 Å². The van der Waals surface area contributed by atoms with Crippen molar-refractivity contribution in [2.45, 2.75) is 32.9 Å². The first-order chi connectivity index (χ1) is 13.3. The van der Waals surface area contributed by atoms with Gasteiger partial charge >= 0.3 is 0 Å². The van der Waals surface area contributed by atoms with Crippen LogP contribution in [-0.2, 0) is 11.3 Å². The number of allylic oxidation sites excluding steroid dienone is 1. The summed E-state index contributed by atoms with van der Waals surface area (Å²) in [5.41, 5.74) is 5.34. The first kappa shape index (κ1) is 19.4. The maximum absolute atomic E-state index is 12.4. The Hall–Kier alpha value is -3.32. The molecule has 1 amide bonds. The van der Waals surface area contributed by atoms with Gasteiger partial charge in [-0.2, -0.15) is 5.26 Å². The predicted molar refractivity (Wildman–Crippen MR) is 114 cm³/mol. The Balaban J connectivity index is 1.83. The summed E-state index contributed by atoms with van der Waals surface area (Å²) in [6, 6.07) is 17.7. The molecule has 142 valence electrons. The SMILES string of the molecule is CC1=CC(C)(C)N(C)c2ccc(/C=C(\C#N)C(=O)NCc3ccccc3)cc21.